The lowest BCUT2D eigenvalue weighted by atomic mass is 10.1. The number of rotatable bonds is 4. The summed E-state index contributed by atoms with van der Waals surface area (Å²) in [7, 11) is -2.98. The van der Waals surface area contributed by atoms with Gasteiger partial charge in [0.25, 0.3) is 5.91 Å². The van der Waals surface area contributed by atoms with E-state index in [9.17, 15) is 13.2 Å². The molecule has 2 rings (SSSR count). The highest BCUT2D eigenvalue weighted by Gasteiger charge is 2.34. The Morgan fingerprint density at radius 3 is 2.83 bits per heavy atom. The number of amides is 1. The number of hydrogen-bond acceptors (Lipinski definition) is 4. The van der Waals surface area contributed by atoms with Gasteiger partial charge in [-0.3, -0.25) is 4.79 Å². The van der Waals surface area contributed by atoms with E-state index in [2.05, 4.69) is 0 Å². The Kier molecular flexibility index (Phi) is 3.75. The summed E-state index contributed by atoms with van der Waals surface area (Å²) >= 11 is 0. The Labute approximate surface area is 107 Å². The summed E-state index contributed by atoms with van der Waals surface area (Å²) in [6.45, 7) is 2.54. The van der Waals surface area contributed by atoms with Crippen LogP contribution in [0.5, 0.6) is 0 Å². The Morgan fingerprint density at radius 1 is 1.56 bits per heavy atom. The van der Waals surface area contributed by atoms with Crippen molar-refractivity contribution < 1.29 is 17.6 Å². The molecular formula is C12H17NO4S. The third kappa shape index (κ3) is 2.75. The monoisotopic (exact) mass is 271 g/mol. The lowest BCUT2D eigenvalue weighted by Crippen LogP contribution is -2.41. The molecule has 1 aliphatic rings. The maximum Gasteiger partial charge on any atom is 0.257 e. The summed E-state index contributed by atoms with van der Waals surface area (Å²) in [5.74, 6) is 0.111. The van der Waals surface area contributed by atoms with E-state index >= 15 is 0 Å². The van der Waals surface area contributed by atoms with Crippen molar-refractivity contribution in [2.24, 2.45) is 0 Å². The molecule has 0 aromatic carbocycles. The van der Waals surface area contributed by atoms with Gasteiger partial charge in [0.1, 0.15) is 6.26 Å². The molecule has 0 N–H and O–H groups in total. The van der Waals surface area contributed by atoms with E-state index in [1.54, 1.807) is 11.0 Å². The standard InChI is InChI=1S/C12H17NO4S/c1-2-5-13(11-4-7-18(15,16)9-11)12(14)10-3-6-17-8-10/h3,6,8,11H,2,4-5,7,9H2,1H3/t11-/m1/s1. The van der Waals surface area contributed by atoms with Gasteiger partial charge >= 0.3 is 0 Å². The summed E-state index contributed by atoms with van der Waals surface area (Å²) in [6.07, 6.45) is 4.18. The molecule has 1 aromatic heterocycles. The van der Waals surface area contributed by atoms with Crippen LogP contribution in [0, 0.1) is 0 Å². The number of nitrogens with zero attached hydrogens (tertiary/aromatic N) is 1. The average molecular weight is 271 g/mol. The van der Waals surface area contributed by atoms with Gasteiger partial charge in [-0.1, -0.05) is 6.92 Å². The van der Waals surface area contributed by atoms with Crippen LogP contribution in [0.3, 0.4) is 0 Å². The molecule has 6 heteroatoms. The van der Waals surface area contributed by atoms with Gasteiger partial charge < -0.3 is 9.32 Å². The molecule has 0 saturated carbocycles. The molecule has 0 radical (unpaired) electrons. The predicted octanol–water partition coefficient (Wildman–Crippen LogP) is 1.32. The van der Waals surface area contributed by atoms with Crippen molar-refractivity contribution in [2.45, 2.75) is 25.8 Å². The summed E-state index contributed by atoms with van der Waals surface area (Å²) < 4.78 is 27.9. The third-order valence-electron chi connectivity index (χ3n) is 3.14. The fourth-order valence-electron chi connectivity index (χ4n) is 2.26. The van der Waals surface area contributed by atoms with Crippen LogP contribution < -0.4 is 0 Å². The molecule has 0 bridgehead atoms. The number of carbonyl (C=O) groups is 1. The van der Waals surface area contributed by atoms with Crippen molar-refractivity contribution in [2.75, 3.05) is 18.1 Å². The second-order valence-electron chi connectivity index (χ2n) is 4.57. The summed E-state index contributed by atoms with van der Waals surface area (Å²) in [5, 5.41) is 0. The van der Waals surface area contributed by atoms with Gasteiger partial charge in [0.2, 0.25) is 0 Å². The van der Waals surface area contributed by atoms with Crippen LogP contribution in [0.1, 0.15) is 30.1 Å². The van der Waals surface area contributed by atoms with E-state index in [1.165, 1.54) is 12.5 Å². The number of hydrogen-bond donors (Lipinski definition) is 0. The number of sulfone groups is 1. The fraction of sp³-hybridized carbons (Fsp3) is 0.583. The van der Waals surface area contributed by atoms with Gasteiger partial charge in [-0.2, -0.15) is 0 Å². The zero-order valence-corrected chi connectivity index (χ0v) is 11.1. The van der Waals surface area contributed by atoms with Crippen molar-refractivity contribution in [3.8, 4) is 0 Å². The molecule has 5 nitrogen and oxygen atoms in total. The summed E-state index contributed by atoms with van der Waals surface area (Å²) in [4.78, 5) is 13.9. The summed E-state index contributed by atoms with van der Waals surface area (Å²) in [5.41, 5.74) is 0.479. The molecule has 100 valence electrons. The van der Waals surface area contributed by atoms with Crippen LogP contribution in [0.4, 0.5) is 0 Å². The smallest absolute Gasteiger partial charge is 0.257 e. The van der Waals surface area contributed by atoms with Crippen molar-refractivity contribution in [1.82, 2.24) is 4.90 Å². The zero-order chi connectivity index (χ0) is 13.2. The summed E-state index contributed by atoms with van der Waals surface area (Å²) in [6, 6.07) is 1.41. The van der Waals surface area contributed by atoms with Crippen molar-refractivity contribution >= 4 is 15.7 Å². The largest absolute Gasteiger partial charge is 0.472 e. The van der Waals surface area contributed by atoms with Crippen LogP contribution in [-0.2, 0) is 9.84 Å². The first-order valence-corrected chi connectivity index (χ1v) is 7.89. The minimum atomic E-state index is -2.98. The van der Waals surface area contributed by atoms with E-state index in [1.807, 2.05) is 6.92 Å². The van der Waals surface area contributed by atoms with Gasteiger partial charge in [0, 0.05) is 12.6 Å². The lowest BCUT2D eigenvalue weighted by Gasteiger charge is -2.27. The topological polar surface area (TPSA) is 67.6 Å². The number of furan rings is 1. The maximum absolute atomic E-state index is 12.3. The van der Waals surface area contributed by atoms with Crippen molar-refractivity contribution in [1.29, 1.82) is 0 Å². The first kappa shape index (κ1) is 13.1. The van der Waals surface area contributed by atoms with Gasteiger partial charge in [0.05, 0.1) is 23.3 Å². The molecule has 1 saturated heterocycles. The molecule has 1 amide bonds. The predicted molar refractivity (Wildman–Crippen MR) is 67.1 cm³/mol. The van der Waals surface area contributed by atoms with Crippen LogP contribution in [-0.4, -0.2) is 43.3 Å². The minimum Gasteiger partial charge on any atom is -0.472 e. The van der Waals surface area contributed by atoms with Gasteiger partial charge in [-0.15, -0.1) is 0 Å². The first-order chi connectivity index (χ1) is 8.53. The third-order valence-corrected chi connectivity index (χ3v) is 4.89. The Balaban J connectivity index is 2.16. The molecular weight excluding hydrogens is 254 g/mol. The molecule has 1 fully saturated rings. The SMILES string of the molecule is CCCN(C(=O)c1ccoc1)[C@@H]1CCS(=O)(=O)C1. The van der Waals surface area contributed by atoms with E-state index in [4.69, 9.17) is 4.42 Å². The molecule has 0 aliphatic carbocycles. The average Bonchev–Trinajstić information content (AvgIpc) is 2.94. The highest BCUT2D eigenvalue weighted by molar-refractivity contribution is 7.91. The normalized spacial score (nSPS) is 21.9. The van der Waals surface area contributed by atoms with Crippen LogP contribution in [0.2, 0.25) is 0 Å². The Bertz CT molecular complexity index is 506. The van der Waals surface area contributed by atoms with Crippen LogP contribution in [0.15, 0.2) is 23.0 Å². The molecule has 2 heterocycles. The van der Waals surface area contributed by atoms with Crippen LogP contribution >= 0.6 is 0 Å². The second-order valence-corrected chi connectivity index (χ2v) is 6.80. The highest BCUT2D eigenvalue weighted by atomic mass is 32.2. The molecule has 1 aromatic rings. The quantitative estimate of drug-likeness (QED) is 0.828. The first-order valence-electron chi connectivity index (χ1n) is 6.07. The fourth-order valence-corrected chi connectivity index (χ4v) is 3.99. The molecule has 0 unspecified atom stereocenters. The minimum absolute atomic E-state index is 0.0800. The lowest BCUT2D eigenvalue weighted by molar-refractivity contribution is 0.0696. The van der Waals surface area contributed by atoms with E-state index in [0.717, 1.165) is 6.42 Å². The number of carbonyl (C=O) groups excluding carboxylic acids is 1. The van der Waals surface area contributed by atoms with Gasteiger partial charge in [-0.05, 0) is 18.9 Å². The maximum atomic E-state index is 12.3. The highest BCUT2D eigenvalue weighted by Crippen LogP contribution is 2.20. The van der Waals surface area contributed by atoms with E-state index < -0.39 is 9.84 Å². The van der Waals surface area contributed by atoms with Crippen LogP contribution in [0.25, 0.3) is 0 Å². The van der Waals surface area contributed by atoms with Gasteiger partial charge in [-0.25, -0.2) is 8.42 Å². The Hall–Kier alpha value is -1.30. The molecule has 1 atom stereocenters. The van der Waals surface area contributed by atoms with Gasteiger partial charge in [0.15, 0.2) is 9.84 Å². The second kappa shape index (κ2) is 5.14. The van der Waals surface area contributed by atoms with E-state index in [0.29, 0.717) is 18.5 Å². The van der Waals surface area contributed by atoms with E-state index in [-0.39, 0.29) is 23.5 Å². The molecule has 0 spiro atoms. The van der Waals surface area contributed by atoms with Crippen molar-refractivity contribution in [3.05, 3.63) is 24.2 Å². The zero-order valence-electron chi connectivity index (χ0n) is 10.3. The Morgan fingerprint density at radius 2 is 2.33 bits per heavy atom. The van der Waals surface area contributed by atoms with Crippen molar-refractivity contribution in [3.63, 3.8) is 0 Å². The molecule has 18 heavy (non-hydrogen) atoms. The molecule has 1 aliphatic heterocycles.